The highest BCUT2D eigenvalue weighted by atomic mass is 19.1. The lowest BCUT2D eigenvalue weighted by atomic mass is 9.91. The minimum atomic E-state index is -0.0838. The summed E-state index contributed by atoms with van der Waals surface area (Å²) >= 11 is 0. The second-order valence-electron chi connectivity index (χ2n) is 7.79. The van der Waals surface area contributed by atoms with E-state index in [1.807, 2.05) is 18.3 Å². The summed E-state index contributed by atoms with van der Waals surface area (Å²) in [5.41, 5.74) is 5.08. The number of halogens is 1. The third-order valence-electron chi connectivity index (χ3n) is 5.96. The SMILES string of the molecule is CCCCC(CC)CCc1ccc(-c2ccc(CC)c3ncccc23)cc1F. The number of fused-ring (bicyclic) bond motifs is 1. The minimum Gasteiger partial charge on any atom is -0.256 e. The fourth-order valence-corrected chi connectivity index (χ4v) is 4.09. The molecule has 0 aliphatic heterocycles. The van der Waals surface area contributed by atoms with Gasteiger partial charge in [0.25, 0.3) is 0 Å². The van der Waals surface area contributed by atoms with E-state index in [0.29, 0.717) is 5.92 Å². The van der Waals surface area contributed by atoms with Crippen LogP contribution in [0.4, 0.5) is 4.39 Å². The molecule has 0 aliphatic carbocycles. The molecule has 3 aromatic rings. The molecule has 0 saturated heterocycles. The summed E-state index contributed by atoms with van der Waals surface area (Å²) < 4.78 is 14.9. The molecule has 1 atom stereocenters. The van der Waals surface area contributed by atoms with Crippen molar-refractivity contribution in [2.24, 2.45) is 5.92 Å². The van der Waals surface area contributed by atoms with Crippen molar-refractivity contribution in [1.82, 2.24) is 4.98 Å². The number of aryl methyl sites for hydroxylation is 2. The maximum absolute atomic E-state index is 14.9. The van der Waals surface area contributed by atoms with Crippen LogP contribution in [0, 0.1) is 11.7 Å². The fourth-order valence-electron chi connectivity index (χ4n) is 4.09. The van der Waals surface area contributed by atoms with Crippen molar-refractivity contribution in [1.29, 1.82) is 0 Å². The molecule has 0 amide bonds. The predicted molar refractivity (Wildman–Crippen MR) is 118 cm³/mol. The molecule has 3 rings (SSSR count). The van der Waals surface area contributed by atoms with E-state index in [4.69, 9.17) is 0 Å². The number of nitrogens with zero attached hydrogens (tertiary/aromatic N) is 1. The second kappa shape index (κ2) is 9.82. The minimum absolute atomic E-state index is 0.0838. The third-order valence-corrected chi connectivity index (χ3v) is 5.96. The van der Waals surface area contributed by atoms with Crippen molar-refractivity contribution in [3.05, 3.63) is 65.6 Å². The lowest BCUT2D eigenvalue weighted by molar-refractivity contribution is 0.418. The van der Waals surface area contributed by atoms with Gasteiger partial charge in [-0.25, -0.2) is 4.39 Å². The zero-order valence-corrected chi connectivity index (χ0v) is 17.5. The van der Waals surface area contributed by atoms with Crippen LogP contribution in [0.2, 0.25) is 0 Å². The third kappa shape index (κ3) is 4.60. The Morgan fingerprint density at radius 2 is 1.79 bits per heavy atom. The van der Waals surface area contributed by atoms with Crippen molar-refractivity contribution in [2.45, 2.75) is 65.7 Å². The summed E-state index contributed by atoms with van der Waals surface area (Å²) in [6.07, 6.45) is 9.62. The van der Waals surface area contributed by atoms with E-state index < -0.39 is 0 Å². The molecule has 1 aromatic heterocycles. The number of benzene rings is 2. The fraction of sp³-hybridized carbons (Fsp3) is 0.423. The van der Waals surface area contributed by atoms with E-state index in [2.05, 4.69) is 50.0 Å². The Morgan fingerprint density at radius 1 is 0.964 bits per heavy atom. The van der Waals surface area contributed by atoms with Crippen LogP contribution >= 0.6 is 0 Å². The zero-order chi connectivity index (χ0) is 19.9. The molecule has 1 unspecified atom stereocenters. The van der Waals surface area contributed by atoms with Crippen LogP contribution in [-0.4, -0.2) is 4.98 Å². The Hall–Kier alpha value is -2.22. The molecular weight excluding hydrogens is 345 g/mol. The molecule has 0 radical (unpaired) electrons. The van der Waals surface area contributed by atoms with Crippen LogP contribution in [0.3, 0.4) is 0 Å². The van der Waals surface area contributed by atoms with Crippen LogP contribution in [0.1, 0.15) is 64.0 Å². The molecule has 0 aliphatic rings. The van der Waals surface area contributed by atoms with Crippen LogP contribution < -0.4 is 0 Å². The molecule has 28 heavy (non-hydrogen) atoms. The van der Waals surface area contributed by atoms with Gasteiger partial charge in [-0.1, -0.05) is 76.8 Å². The van der Waals surface area contributed by atoms with Gasteiger partial charge in [-0.15, -0.1) is 0 Å². The molecule has 0 saturated carbocycles. The van der Waals surface area contributed by atoms with Gasteiger partial charge in [-0.2, -0.15) is 0 Å². The van der Waals surface area contributed by atoms with Gasteiger partial charge < -0.3 is 0 Å². The number of pyridine rings is 1. The van der Waals surface area contributed by atoms with Gasteiger partial charge in [0.05, 0.1) is 5.52 Å². The van der Waals surface area contributed by atoms with Gasteiger partial charge in [0.15, 0.2) is 0 Å². The molecule has 1 nitrogen and oxygen atoms in total. The van der Waals surface area contributed by atoms with Gasteiger partial charge in [0, 0.05) is 11.6 Å². The maximum atomic E-state index is 14.9. The normalized spacial score (nSPS) is 12.4. The van der Waals surface area contributed by atoms with E-state index in [-0.39, 0.29) is 5.82 Å². The number of hydrogen-bond donors (Lipinski definition) is 0. The highest BCUT2D eigenvalue weighted by Gasteiger charge is 2.12. The van der Waals surface area contributed by atoms with Gasteiger partial charge >= 0.3 is 0 Å². The van der Waals surface area contributed by atoms with Crippen molar-refractivity contribution in [3.8, 4) is 11.1 Å². The first-order valence-electron chi connectivity index (χ1n) is 10.8. The summed E-state index contributed by atoms with van der Waals surface area (Å²) in [7, 11) is 0. The van der Waals surface area contributed by atoms with Gasteiger partial charge in [-0.05, 0) is 59.6 Å². The molecule has 0 N–H and O–H groups in total. The van der Waals surface area contributed by atoms with Crippen LogP contribution in [0.15, 0.2) is 48.7 Å². The van der Waals surface area contributed by atoms with Crippen LogP contribution in [-0.2, 0) is 12.8 Å². The van der Waals surface area contributed by atoms with E-state index in [1.165, 1.54) is 31.2 Å². The number of rotatable bonds is 9. The van der Waals surface area contributed by atoms with Gasteiger partial charge in [-0.3, -0.25) is 4.98 Å². The smallest absolute Gasteiger partial charge is 0.127 e. The quantitative estimate of drug-likeness (QED) is 0.371. The standard InChI is InChI=1S/C26H32FN/c1-4-7-9-19(5-2)11-12-21-13-14-22(18-25(21)27)23-16-15-20(6-3)26-24(23)10-8-17-28-26/h8,10,13-19H,4-7,9,11-12H2,1-3H3. The number of unbranched alkanes of at least 4 members (excludes halogenated alkanes) is 1. The van der Waals surface area contributed by atoms with E-state index in [9.17, 15) is 4.39 Å². The van der Waals surface area contributed by atoms with E-state index in [1.54, 1.807) is 6.07 Å². The molecule has 1 heterocycles. The number of aromatic nitrogens is 1. The molecule has 0 fully saturated rings. The Morgan fingerprint density at radius 3 is 2.50 bits per heavy atom. The predicted octanol–water partition coefficient (Wildman–Crippen LogP) is 7.75. The van der Waals surface area contributed by atoms with Crippen molar-refractivity contribution in [2.75, 3.05) is 0 Å². The van der Waals surface area contributed by atoms with E-state index >= 15 is 0 Å². The first-order chi connectivity index (χ1) is 13.7. The van der Waals surface area contributed by atoms with Crippen molar-refractivity contribution >= 4 is 10.9 Å². The number of hydrogen-bond acceptors (Lipinski definition) is 1. The topological polar surface area (TPSA) is 12.9 Å². The first-order valence-corrected chi connectivity index (χ1v) is 10.8. The van der Waals surface area contributed by atoms with Crippen LogP contribution in [0.5, 0.6) is 0 Å². The Labute approximate surface area is 169 Å². The second-order valence-corrected chi connectivity index (χ2v) is 7.79. The summed E-state index contributed by atoms with van der Waals surface area (Å²) in [6.45, 7) is 6.62. The summed E-state index contributed by atoms with van der Waals surface area (Å²) in [5, 5.41) is 1.10. The van der Waals surface area contributed by atoms with E-state index in [0.717, 1.165) is 46.9 Å². The average molecular weight is 378 g/mol. The highest BCUT2D eigenvalue weighted by molar-refractivity contribution is 5.96. The molecular formula is C26H32FN. The lowest BCUT2D eigenvalue weighted by Gasteiger charge is -2.15. The van der Waals surface area contributed by atoms with Crippen molar-refractivity contribution in [3.63, 3.8) is 0 Å². The zero-order valence-electron chi connectivity index (χ0n) is 17.5. The Kier molecular flexibility index (Phi) is 7.19. The van der Waals surface area contributed by atoms with Gasteiger partial charge in [0.2, 0.25) is 0 Å². The largest absolute Gasteiger partial charge is 0.256 e. The summed E-state index contributed by atoms with van der Waals surface area (Å²) in [4.78, 5) is 4.57. The lowest BCUT2D eigenvalue weighted by Crippen LogP contribution is -2.02. The highest BCUT2D eigenvalue weighted by Crippen LogP contribution is 2.31. The average Bonchev–Trinajstić information content (AvgIpc) is 2.74. The first kappa shape index (κ1) is 20.5. The monoisotopic (exact) mass is 377 g/mol. The maximum Gasteiger partial charge on any atom is 0.127 e. The van der Waals surface area contributed by atoms with Crippen molar-refractivity contribution < 1.29 is 4.39 Å². The molecule has 2 heteroatoms. The van der Waals surface area contributed by atoms with Crippen LogP contribution in [0.25, 0.3) is 22.0 Å². The molecule has 0 bridgehead atoms. The molecule has 2 aromatic carbocycles. The Balaban J connectivity index is 1.84. The Bertz CT molecular complexity index is 915. The summed E-state index contributed by atoms with van der Waals surface area (Å²) in [6, 6.07) is 14.0. The summed E-state index contributed by atoms with van der Waals surface area (Å²) in [5.74, 6) is 0.620. The molecule has 148 valence electrons. The van der Waals surface area contributed by atoms with Gasteiger partial charge in [0.1, 0.15) is 5.82 Å². The molecule has 0 spiro atoms.